The molecular weight excluding hydrogens is 439 g/mol. The Morgan fingerprint density at radius 3 is 2.73 bits per heavy atom. The molecule has 0 aliphatic carbocycles. The van der Waals surface area contributed by atoms with Crippen LogP contribution in [-0.4, -0.2) is 71.6 Å². The maximum absolute atomic E-state index is 4.52. The number of hydrogen-bond donors (Lipinski definition) is 1. The van der Waals surface area contributed by atoms with Crippen molar-refractivity contribution in [1.29, 1.82) is 0 Å². The molecule has 1 N–H and O–H groups in total. The van der Waals surface area contributed by atoms with Gasteiger partial charge in [-0.1, -0.05) is 6.92 Å². The minimum absolute atomic E-state index is 0. The van der Waals surface area contributed by atoms with Crippen molar-refractivity contribution in [3.8, 4) is 0 Å². The Morgan fingerprint density at radius 2 is 2.04 bits per heavy atom. The average molecular weight is 474 g/mol. The van der Waals surface area contributed by atoms with Crippen LogP contribution in [0.15, 0.2) is 23.7 Å². The first-order valence-corrected chi connectivity index (χ1v) is 9.93. The molecule has 1 aromatic heterocycles. The highest BCUT2D eigenvalue weighted by Crippen LogP contribution is 2.27. The number of piperidine rings is 1. The van der Waals surface area contributed by atoms with Crippen LogP contribution in [0.3, 0.4) is 0 Å². The zero-order valence-corrected chi connectivity index (χ0v) is 18.6. The van der Waals surface area contributed by atoms with Crippen LogP contribution in [0, 0.1) is 5.92 Å². The summed E-state index contributed by atoms with van der Waals surface area (Å²) in [5, 5.41) is 3.58. The maximum Gasteiger partial charge on any atom is 0.193 e. The number of aromatic nitrogens is 2. The quantitative estimate of drug-likeness (QED) is 0.298. The van der Waals surface area contributed by atoms with E-state index < -0.39 is 0 Å². The van der Waals surface area contributed by atoms with Crippen molar-refractivity contribution in [2.75, 3.05) is 46.3 Å². The molecule has 0 saturated carbocycles. The standard InChI is InChI=1S/C19H34N6.HI/c1-17-7-13-24(15-18(17)25-14-9-21-16-25)19(20-2)22-8-3-4-10-23-11-5-6-12-23;/h9,14,16-18H,3-8,10-13,15H2,1-2H3,(H,20,22);1H. The summed E-state index contributed by atoms with van der Waals surface area (Å²) in [6.07, 6.45) is 12.4. The largest absolute Gasteiger partial charge is 0.356 e. The van der Waals surface area contributed by atoms with Crippen molar-refractivity contribution in [3.05, 3.63) is 18.7 Å². The molecule has 148 valence electrons. The maximum atomic E-state index is 4.52. The number of unbranched alkanes of at least 4 members (excludes halogenated alkanes) is 1. The van der Waals surface area contributed by atoms with Gasteiger partial charge in [0, 0.05) is 39.1 Å². The molecule has 2 saturated heterocycles. The van der Waals surface area contributed by atoms with E-state index in [4.69, 9.17) is 0 Å². The Hall–Kier alpha value is -0.830. The number of nitrogens with one attached hydrogen (secondary N) is 1. The lowest BCUT2D eigenvalue weighted by atomic mass is 9.93. The number of halogens is 1. The third-order valence-electron chi connectivity index (χ3n) is 5.72. The van der Waals surface area contributed by atoms with Gasteiger partial charge >= 0.3 is 0 Å². The van der Waals surface area contributed by atoms with Crippen LogP contribution >= 0.6 is 24.0 Å². The van der Waals surface area contributed by atoms with Gasteiger partial charge in [0.2, 0.25) is 0 Å². The molecule has 0 spiro atoms. The van der Waals surface area contributed by atoms with Crippen LogP contribution in [0.2, 0.25) is 0 Å². The molecule has 2 unspecified atom stereocenters. The van der Waals surface area contributed by atoms with E-state index in [-0.39, 0.29) is 24.0 Å². The fraction of sp³-hybridized carbons (Fsp3) is 0.789. The Balaban J connectivity index is 0.00000243. The summed E-state index contributed by atoms with van der Waals surface area (Å²) in [4.78, 5) is 13.7. The fourth-order valence-electron chi connectivity index (χ4n) is 4.09. The van der Waals surface area contributed by atoms with Gasteiger partial charge in [0.05, 0.1) is 12.4 Å². The van der Waals surface area contributed by atoms with E-state index >= 15 is 0 Å². The van der Waals surface area contributed by atoms with Crippen LogP contribution < -0.4 is 5.32 Å². The number of guanidine groups is 1. The second-order valence-electron chi connectivity index (χ2n) is 7.52. The molecule has 26 heavy (non-hydrogen) atoms. The molecule has 7 heteroatoms. The first kappa shape index (κ1) is 21.5. The number of nitrogens with zero attached hydrogens (tertiary/aromatic N) is 5. The van der Waals surface area contributed by atoms with Gasteiger partial charge in [-0.15, -0.1) is 24.0 Å². The Kier molecular flexibility index (Phi) is 9.18. The third-order valence-corrected chi connectivity index (χ3v) is 5.72. The van der Waals surface area contributed by atoms with E-state index in [1.165, 1.54) is 51.7 Å². The van der Waals surface area contributed by atoms with Crippen LogP contribution in [0.1, 0.15) is 45.1 Å². The summed E-state index contributed by atoms with van der Waals surface area (Å²) in [6.45, 7) is 9.31. The van der Waals surface area contributed by atoms with E-state index in [2.05, 4.69) is 42.8 Å². The van der Waals surface area contributed by atoms with Crippen LogP contribution in [-0.2, 0) is 0 Å². The zero-order valence-electron chi connectivity index (χ0n) is 16.3. The molecule has 2 atom stereocenters. The van der Waals surface area contributed by atoms with Gasteiger partial charge in [0.15, 0.2) is 5.96 Å². The number of likely N-dealkylation sites (tertiary alicyclic amines) is 2. The molecule has 0 aromatic carbocycles. The molecule has 6 nitrogen and oxygen atoms in total. The Labute approximate surface area is 175 Å². The highest BCUT2D eigenvalue weighted by Gasteiger charge is 2.28. The smallest absolute Gasteiger partial charge is 0.193 e. The van der Waals surface area contributed by atoms with E-state index in [1.807, 2.05) is 19.6 Å². The highest BCUT2D eigenvalue weighted by molar-refractivity contribution is 14.0. The predicted molar refractivity (Wildman–Crippen MR) is 118 cm³/mol. The number of aliphatic imine (C=N–C) groups is 1. The minimum Gasteiger partial charge on any atom is -0.356 e. The number of imidazole rings is 1. The number of hydrogen-bond acceptors (Lipinski definition) is 3. The molecule has 3 heterocycles. The summed E-state index contributed by atoms with van der Waals surface area (Å²) in [7, 11) is 1.90. The van der Waals surface area contributed by atoms with Crippen molar-refractivity contribution >= 4 is 29.9 Å². The summed E-state index contributed by atoms with van der Waals surface area (Å²) < 4.78 is 2.25. The SMILES string of the molecule is CN=C(NCCCCN1CCCC1)N1CCC(C)C(n2ccnc2)C1.I. The second kappa shape index (κ2) is 11.1. The fourth-order valence-corrected chi connectivity index (χ4v) is 4.09. The Morgan fingerprint density at radius 1 is 1.23 bits per heavy atom. The van der Waals surface area contributed by atoms with Gasteiger partial charge in [-0.05, 0) is 57.7 Å². The molecule has 0 amide bonds. The van der Waals surface area contributed by atoms with Crippen molar-refractivity contribution in [1.82, 2.24) is 24.7 Å². The van der Waals surface area contributed by atoms with Gasteiger partial charge in [0.25, 0.3) is 0 Å². The molecule has 0 bridgehead atoms. The van der Waals surface area contributed by atoms with Crippen molar-refractivity contribution in [2.45, 2.75) is 45.1 Å². The average Bonchev–Trinajstić information content (AvgIpc) is 3.32. The van der Waals surface area contributed by atoms with Crippen molar-refractivity contribution in [2.24, 2.45) is 10.9 Å². The minimum atomic E-state index is 0. The lowest BCUT2D eigenvalue weighted by Crippen LogP contribution is -2.49. The van der Waals surface area contributed by atoms with E-state index in [9.17, 15) is 0 Å². The summed E-state index contributed by atoms with van der Waals surface area (Å²) in [6, 6.07) is 0.477. The lowest BCUT2D eigenvalue weighted by molar-refractivity contribution is 0.189. The van der Waals surface area contributed by atoms with Gasteiger partial charge in [-0.2, -0.15) is 0 Å². The second-order valence-corrected chi connectivity index (χ2v) is 7.52. The van der Waals surface area contributed by atoms with Gasteiger partial charge in [-0.3, -0.25) is 4.99 Å². The molecular formula is C19H35IN6. The predicted octanol–water partition coefficient (Wildman–Crippen LogP) is 2.84. The van der Waals surface area contributed by atoms with Crippen LogP contribution in [0.5, 0.6) is 0 Å². The van der Waals surface area contributed by atoms with E-state index in [0.717, 1.165) is 25.6 Å². The van der Waals surface area contributed by atoms with Gasteiger partial charge in [-0.25, -0.2) is 4.98 Å². The summed E-state index contributed by atoms with van der Waals surface area (Å²) in [5.74, 6) is 1.72. The first-order chi connectivity index (χ1) is 12.3. The molecule has 3 rings (SSSR count). The normalized spacial score (nSPS) is 24.5. The molecule has 2 aliphatic heterocycles. The molecule has 2 fully saturated rings. The summed E-state index contributed by atoms with van der Waals surface area (Å²) >= 11 is 0. The van der Waals surface area contributed by atoms with Crippen molar-refractivity contribution in [3.63, 3.8) is 0 Å². The van der Waals surface area contributed by atoms with Crippen LogP contribution in [0.4, 0.5) is 0 Å². The van der Waals surface area contributed by atoms with Crippen molar-refractivity contribution < 1.29 is 0 Å². The van der Waals surface area contributed by atoms with E-state index in [1.54, 1.807) is 0 Å². The molecule has 1 aromatic rings. The lowest BCUT2D eigenvalue weighted by Gasteiger charge is -2.39. The summed E-state index contributed by atoms with van der Waals surface area (Å²) in [5.41, 5.74) is 0. The van der Waals surface area contributed by atoms with E-state index in [0.29, 0.717) is 12.0 Å². The highest BCUT2D eigenvalue weighted by atomic mass is 127. The third kappa shape index (κ3) is 5.84. The van der Waals surface area contributed by atoms with Crippen LogP contribution in [0.25, 0.3) is 0 Å². The van der Waals surface area contributed by atoms with Gasteiger partial charge < -0.3 is 19.7 Å². The molecule has 2 aliphatic rings. The topological polar surface area (TPSA) is 48.7 Å². The molecule has 0 radical (unpaired) electrons. The number of rotatable bonds is 6. The van der Waals surface area contributed by atoms with Gasteiger partial charge in [0.1, 0.15) is 0 Å². The Bertz CT molecular complexity index is 526. The zero-order chi connectivity index (χ0) is 17.5. The monoisotopic (exact) mass is 474 g/mol. The first-order valence-electron chi connectivity index (χ1n) is 9.93.